The van der Waals surface area contributed by atoms with Crippen molar-refractivity contribution in [2.24, 2.45) is 0 Å². The highest BCUT2D eigenvalue weighted by Gasteiger charge is 2.34. The Bertz CT molecular complexity index is 854. The Morgan fingerprint density at radius 2 is 1.96 bits per heavy atom. The van der Waals surface area contributed by atoms with Crippen molar-refractivity contribution in [1.29, 1.82) is 0 Å². The van der Waals surface area contributed by atoms with Crippen LogP contribution in [-0.4, -0.2) is 43.0 Å². The van der Waals surface area contributed by atoms with Gasteiger partial charge in [0.15, 0.2) is 6.61 Å². The van der Waals surface area contributed by atoms with Gasteiger partial charge >= 0.3 is 0 Å². The molecule has 1 saturated heterocycles. The number of nitrogens with one attached hydrogen (secondary N) is 1. The summed E-state index contributed by atoms with van der Waals surface area (Å²) in [6, 6.07) is 11.8. The minimum absolute atomic E-state index is 0.116. The lowest BCUT2D eigenvalue weighted by atomic mass is 10.2. The number of carbonyl (C=O) groups excluding carboxylic acids is 2. The molecule has 1 heterocycles. The largest absolute Gasteiger partial charge is 0.497 e. The Morgan fingerprint density at radius 3 is 2.64 bits per heavy atom. The first-order valence-corrected chi connectivity index (χ1v) is 9.49. The number of ether oxygens (including phenoxy) is 2. The molecule has 1 fully saturated rings. The molecule has 1 atom stereocenters. The van der Waals surface area contributed by atoms with Crippen molar-refractivity contribution < 1.29 is 19.1 Å². The van der Waals surface area contributed by atoms with Gasteiger partial charge in [0.2, 0.25) is 5.91 Å². The van der Waals surface area contributed by atoms with Crippen molar-refractivity contribution in [3.05, 3.63) is 53.1 Å². The Balaban J connectivity index is 1.59. The van der Waals surface area contributed by atoms with Gasteiger partial charge in [0.25, 0.3) is 5.91 Å². The molecule has 0 aromatic heterocycles. The number of halogens is 1. The number of carbonyl (C=O) groups is 2. The average molecular weight is 403 g/mol. The summed E-state index contributed by atoms with van der Waals surface area (Å²) in [5.41, 5.74) is 1.52. The number of hydrogen-bond donors (Lipinski definition) is 1. The quantitative estimate of drug-likeness (QED) is 0.800. The number of rotatable bonds is 6. The summed E-state index contributed by atoms with van der Waals surface area (Å²) in [5.74, 6) is 0.918. The van der Waals surface area contributed by atoms with E-state index < -0.39 is 6.04 Å². The van der Waals surface area contributed by atoms with Crippen LogP contribution in [0.3, 0.4) is 0 Å². The second-order valence-electron chi connectivity index (χ2n) is 6.66. The van der Waals surface area contributed by atoms with Crippen LogP contribution in [0.4, 0.5) is 5.69 Å². The number of benzene rings is 2. The van der Waals surface area contributed by atoms with E-state index >= 15 is 0 Å². The van der Waals surface area contributed by atoms with Crippen molar-refractivity contribution in [2.75, 3.05) is 25.6 Å². The van der Waals surface area contributed by atoms with Crippen molar-refractivity contribution in [2.45, 2.75) is 25.8 Å². The Kier molecular flexibility index (Phi) is 6.41. The molecule has 0 radical (unpaired) electrons. The second kappa shape index (κ2) is 8.97. The second-order valence-corrected chi connectivity index (χ2v) is 7.10. The summed E-state index contributed by atoms with van der Waals surface area (Å²) in [6.45, 7) is 2.30. The smallest absolute Gasteiger partial charge is 0.261 e. The van der Waals surface area contributed by atoms with E-state index in [1.165, 1.54) is 0 Å². The van der Waals surface area contributed by atoms with Gasteiger partial charge in [0, 0.05) is 17.3 Å². The van der Waals surface area contributed by atoms with E-state index in [1.807, 2.05) is 6.92 Å². The summed E-state index contributed by atoms with van der Waals surface area (Å²) in [5, 5.41) is 3.48. The molecule has 148 valence electrons. The van der Waals surface area contributed by atoms with E-state index in [1.54, 1.807) is 54.5 Å². The van der Waals surface area contributed by atoms with Crippen LogP contribution in [0.5, 0.6) is 11.5 Å². The van der Waals surface area contributed by atoms with Gasteiger partial charge < -0.3 is 19.7 Å². The lowest BCUT2D eigenvalue weighted by Gasteiger charge is -2.24. The molecule has 6 nitrogen and oxygen atoms in total. The minimum atomic E-state index is -0.496. The predicted octanol–water partition coefficient (Wildman–Crippen LogP) is 3.67. The number of hydrogen-bond acceptors (Lipinski definition) is 4. The van der Waals surface area contributed by atoms with Gasteiger partial charge in [-0.1, -0.05) is 11.6 Å². The van der Waals surface area contributed by atoms with Gasteiger partial charge in [-0.15, -0.1) is 0 Å². The highest BCUT2D eigenvalue weighted by atomic mass is 35.5. The fraction of sp³-hybridized carbons (Fsp3) is 0.333. The van der Waals surface area contributed by atoms with Crippen LogP contribution < -0.4 is 14.8 Å². The third-order valence-electron chi connectivity index (χ3n) is 4.72. The fourth-order valence-corrected chi connectivity index (χ4v) is 3.46. The van der Waals surface area contributed by atoms with E-state index in [-0.39, 0.29) is 18.4 Å². The van der Waals surface area contributed by atoms with Gasteiger partial charge in [0.1, 0.15) is 17.5 Å². The molecule has 1 aliphatic heterocycles. The van der Waals surface area contributed by atoms with Crippen LogP contribution in [-0.2, 0) is 9.59 Å². The van der Waals surface area contributed by atoms with Gasteiger partial charge in [-0.25, -0.2) is 0 Å². The first-order chi connectivity index (χ1) is 13.5. The number of anilines is 1. The molecule has 7 heteroatoms. The highest BCUT2D eigenvalue weighted by Crippen LogP contribution is 2.23. The minimum Gasteiger partial charge on any atom is -0.497 e. The number of nitrogens with zero attached hydrogens (tertiary/aromatic N) is 1. The molecule has 2 aromatic rings. The molecule has 1 N–H and O–H groups in total. The Morgan fingerprint density at radius 1 is 1.21 bits per heavy atom. The van der Waals surface area contributed by atoms with Crippen LogP contribution in [0.15, 0.2) is 42.5 Å². The van der Waals surface area contributed by atoms with E-state index in [9.17, 15) is 9.59 Å². The monoisotopic (exact) mass is 402 g/mol. The lowest BCUT2D eigenvalue weighted by molar-refractivity contribution is -0.138. The first kappa shape index (κ1) is 20.0. The maximum absolute atomic E-state index is 12.7. The lowest BCUT2D eigenvalue weighted by Crippen LogP contribution is -2.45. The third-order valence-corrected chi connectivity index (χ3v) is 4.96. The molecule has 1 unspecified atom stereocenters. The molecule has 0 spiro atoms. The molecule has 0 aliphatic carbocycles. The molecular weight excluding hydrogens is 380 g/mol. The standard InChI is InChI=1S/C21H23ClN2O4/c1-14-12-15(22)5-10-19(14)28-13-20(25)24-11-3-4-18(24)21(26)23-16-6-8-17(27-2)9-7-16/h5-10,12,18H,3-4,11,13H2,1-2H3,(H,23,26). The maximum atomic E-state index is 12.7. The molecule has 0 bridgehead atoms. The van der Waals surface area contributed by atoms with Crippen molar-refractivity contribution >= 4 is 29.1 Å². The Hall–Kier alpha value is -2.73. The fourth-order valence-electron chi connectivity index (χ4n) is 3.23. The summed E-state index contributed by atoms with van der Waals surface area (Å²) in [4.78, 5) is 26.9. The van der Waals surface area contributed by atoms with Crippen molar-refractivity contribution in [1.82, 2.24) is 4.90 Å². The molecular formula is C21H23ClN2O4. The van der Waals surface area contributed by atoms with E-state index in [2.05, 4.69) is 5.32 Å². The predicted molar refractivity (Wildman–Crippen MR) is 108 cm³/mol. The van der Waals surface area contributed by atoms with Crippen molar-refractivity contribution in [3.8, 4) is 11.5 Å². The molecule has 2 amide bonds. The highest BCUT2D eigenvalue weighted by molar-refractivity contribution is 6.30. The number of amides is 2. The molecule has 2 aromatic carbocycles. The van der Waals surface area contributed by atoms with Crippen LogP contribution in [0.1, 0.15) is 18.4 Å². The molecule has 28 heavy (non-hydrogen) atoms. The average Bonchev–Trinajstić information content (AvgIpc) is 3.18. The van der Waals surface area contributed by atoms with Crippen LogP contribution in [0.2, 0.25) is 5.02 Å². The van der Waals surface area contributed by atoms with Gasteiger partial charge in [-0.3, -0.25) is 9.59 Å². The zero-order chi connectivity index (χ0) is 20.1. The SMILES string of the molecule is COc1ccc(NC(=O)C2CCCN2C(=O)COc2ccc(Cl)cc2C)cc1. The van der Waals surface area contributed by atoms with Crippen molar-refractivity contribution in [3.63, 3.8) is 0 Å². The van der Waals surface area contributed by atoms with Crippen LogP contribution in [0.25, 0.3) is 0 Å². The normalized spacial score (nSPS) is 16.0. The molecule has 1 aliphatic rings. The summed E-state index contributed by atoms with van der Waals surface area (Å²) < 4.78 is 10.8. The first-order valence-electron chi connectivity index (χ1n) is 9.11. The van der Waals surface area contributed by atoms with E-state index in [0.29, 0.717) is 35.2 Å². The number of likely N-dealkylation sites (tertiary alicyclic amines) is 1. The van der Waals surface area contributed by atoms with E-state index in [4.69, 9.17) is 21.1 Å². The topological polar surface area (TPSA) is 67.9 Å². The van der Waals surface area contributed by atoms with Crippen LogP contribution >= 0.6 is 11.6 Å². The summed E-state index contributed by atoms with van der Waals surface area (Å²) in [7, 11) is 1.59. The van der Waals surface area contributed by atoms with E-state index in [0.717, 1.165) is 12.0 Å². The number of methoxy groups -OCH3 is 1. The van der Waals surface area contributed by atoms with Gasteiger partial charge in [-0.2, -0.15) is 0 Å². The zero-order valence-corrected chi connectivity index (χ0v) is 16.7. The van der Waals surface area contributed by atoms with Gasteiger partial charge in [0.05, 0.1) is 7.11 Å². The summed E-state index contributed by atoms with van der Waals surface area (Å²) >= 11 is 5.94. The Labute approximate surface area is 169 Å². The zero-order valence-electron chi connectivity index (χ0n) is 15.9. The molecule has 3 rings (SSSR count). The van der Waals surface area contributed by atoms with Crippen LogP contribution in [0, 0.1) is 6.92 Å². The maximum Gasteiger partial charge on any atom is 0.261 e. The number of aryl methyl sites for hydroxylation is 1. The molecule has 0 saturated carbocycles. The van der Waals surface area contributed by atoms with Gasteiger partial charge in [-0.05, 0) is 67.8 Å². The third kappa shape index (κ3) is 4.75. The summed E-state index contributed by atoms with van der Waals surface area (Å²) in [6.07, 6.45) is 1.42.